The molecule has 10 heteroatoms. The van der Waals surface area contributed by atoms with Gasteiger partial charge in [-0.3, -0.25) is 4.90 Å². The van der Waals surface area contributed by atoms with Crippen molar-refractivity contribution in [3.63, 3.8) is 0 Å². The van der Waals surface area contributed by atoms with Crippen LogP contribution < -0.4 is 10.1 Å². The van der Waals surface area contributed by atoms with Gasteiger partial charge in [-0.25, -0.2) is 9.97 Å². The molecule has 0 spiro atoms. The summed E-state index contributed by atoms with van der Waals surface area (Å²) in [5.41, 5.74) is 3.70. The third-order valence-electron chi connectivity index (χ3n) is 6.29. The van der Waals surface area contributed by atoms with Gasteiger partial charge in [0, 0.05) is 30.7 Å². The highest BCUT2D eigenvalue weighted by Gasteiger charge is 2.37. The number of ether oxygens (including phenoxy) is 1. The fourth-order valence-electron chi connectivity index (χ4n) is 4.52. The van der Waals surface area contributed by atoms with Crippen molar-refractivity contribution in [3.05, 3.63) is 46.6 Å². The molecule has 4 heterocycles. The standard InChI is InChI=1S/C24H23F3N4OS2/c1-31-11-14-7-16(13-3-4-13)18(8-15(14)12-31)29-23-28-10-17(24(25,26)27)21(30-23)19-9-20-22(34-19)32-5-2-6-33-20/h7-10,13H,2-6,11-12H2,1H3,(H,28,29,30). The number of halogens is 3. The summed E-state index contributed by atoms with van der Waals surface area (Å²) in [6.07, 6.45) is -0.500. The highest BCUT2D eigenvalue weighted by molar-refractivity contribution is 7.99. The van der Waals surface area contributed by atoms with Gasteiger partial charge in [0.2, 0.25) is 5.95 Å². The maximum Gasteiger partial charge on any atom is 0.420 e. The molecule has 3 aliphatic rings. The lowest BCUT2D eigenvalue weighted by Crippen LogP contribution is -2.11. The lowest BCUT2D eigenvalue weighted by Gasteiger charge is -2.15. The first-order chi connectivity index (χ1) is 16.3. The summed E-state index contributed by atoms with van der Waals surface area (Å²) in [7, 11) is 2.08. The normalized spacial score (nSPS) is 18.2. The van der Waals surface area contributed by atoms with Crippen LogP contribution in [0, 0.1) is 0 Å². The Morgan fingerprint density at radius 3 is 2.71 bits per heavy atom. The Balaban J connectivity index is 1.39. The second-order valence-corrected chi connectivity index (χ2v) is 11.2. The molecule has 34 heavy (non-hydrogen) atoms. The van der Waals surface area contributed by atoms with E-state index in [1.165, 1.54) is 28.0 Å². The summed E-state index contributed by atoms with van der Waals surface area (Å²) in [5.74, 6) is 1.53. The van der Waals surface area contributed by atoms with Gasteiger partial charge in [-0.15, -0.1) is 11.8 Å². The summed E-state index contributed by atoms with van der Waals surface area (Å²) in [6.45, 7) is 2.34. The summed E-state index contributed by atoms with van der Waals surface area (Å²) in [4.78, 5) is 12.0. The number of benzene rings is 1. The highest BCUT2D eigenvalue weighted by atomic mass is 32.2. The van der Waals surface area contributed by atoms with Crippen molar-refractivity contribution in [2.45, 2.75) is 49.3 Å². The number of thiophene rings is 1. The first-order valence-electron chi connectivity index (χ1n) is 11.3. The van der Waals surface area contributed by atoms with E-state index in [1.807, 2.05) is 0 Å². The second kappa shape index (κ2) is 8.42. The van der Waals surface area contributed by atoms with Crippen LogP contribution in [-0.4, -0.2) is 34.3 Å². The third kappa shape index (κ3) is 4.27. The predicted molar refractivity (Wildman–Crippen MR) is 128 cm³/mol. The molecule has 0 radical (unpaired) electrons. The van der Waals surface area contributed by atoms with Crippen molar-refractivity contribution < 1.29 is 17.9 Å². The van der Waals surface area contributed by atoms with Crippen molar-refractivity contribution in [2.24, 2.45) is 0 Å². The van der Waals surface area contributed by atoms with Crippen LogP contribution >= 0.6 is 23.1 Å². The fraction of sp³-hybridized carbons (Fsp3) is 0.417. The monoisotopic (exact) mass is 504 g/mol. The van der Waals surface area contributed by atoms with E-state index < -0.39 is 11.7 Å². The molecule has 0 bridgehead atoms. The van der Waals surface area contributed by atoms with E-state index in [0.717, 1.165) is 54.9 Å². The molecule has 2 aromatic heterocycles. The van der Waals surface area contributed by atoms with Gasteiger partial charge in [0.25, 0.3) is 0 Å². The first kappa shape index (κ1) is 22.2. The van der Waals surface area contributed by atoms with Crippen LogP contribution in [-0.2, 0) is 19.3 Å². The van der Waals surface area contributed by atoms with E-state index in [-0.39, 0.29) is 11.6 Å². The van der Waals surface area contributed by atoms with Crippen LogP contribution in [0.4, 0.5) is 24.8 Å². The first-order valence-corrected chi connectivity index (χ1v) is 13.1. The van der Waals surface area contributed by atoms with E-state index >= 15 is 0 Å². The lowest BCUT2D eigenvalue weighted by atomic mass is 10.0. The van der Waals surface area contributed by atoms with E-state index in [4.69, 9.17) is 4.74 Å². The van der Waals surface area contributed by atoms with Crippen molar-refractivity contribution in [2.75, 3.05) is 24.7 Å². The summed E-state index contributed by atoms with van der Waals surface area (Å²) < 4.78 is 47.4. The molecule has 0 saturated heterocycles. The molecule has 6 rings (SSSR count). The van der Waals surface area contributed by atoms with E-state index in [0.29, 0.717) is 22.5 Å². The summed E-state index contributed by atoms with van der Waals surface area (Å²) in [5, 5.41) is 3.92. The van der Waals surface area contributed by atoms with Crippen LogP contribution in [0.15, 0.2) is 29.3 Å². The minimum atomic E-state index is -4.55. The maximum absolute atomic E-state index is 13.9. The van der Waals surface area contributed by atoms with Gasteiger partial charge >= 0.3 is 6.18 Å². The molecule has 1 fully saturated rings. The van der Waals surface area contributed by atoms with Crippen molar-refractivity contribution in [1.29, 1.82) is 0 Å². The van der Waals surface area contributed by atoms with Crippen LogP contribution in [0.2, 0.25) is 0 Å². The molecule has 1 N–H and O–H groups in total. The van der Waals surface area contributed by atoms with Crippen LogP contribution in [0.3, 0.4) is 0 Å². The number of rotatable bonds is 4. The number of anilines is 2. The minimum Gasteiger partial charge on any atom is -0.483 e. The number of nitrogens with one attached hydrogen (secondary N) is 1. The SMILES string of the molecule is CN1Cc2cc(Nc3ncc(C(F)(F)F)c(-c4cc5c(s4)OCCCS5)n3)c(C3CC3)cc2C1. The predicted octanol–water partition coefficient (Wildman–Crippen LogP) is 6.66. The quantitative estimate of drug-likeness (QED) is 0.429. The fourth-order valence-corrected chi connectivity index (χ4v) is 6.69. The largest absolute Gasteiger partial charge is 0.483 e. The zero-order valence-corrected chi connectivity index (χ0v) is 20.2. The highest BCUT2D eigenvalue weighted by Crippen LogP contribution is 2.48. The van der Waals surface area contributed by atoms with Gasteiger partial charge in [-0.05, 0) is 61.1 Å². The molecule has 0 amide bonds. The Morgan fingerprint density at radius 1 is 1.15 bits per heavy atom. The number of alkyl halides is 3. The average molecular weight is 505 g/mol. The van der Waals surface area contributed by atoms with Crippen LogP contribution in [0.1, 0.15) is 47.4 Å². The molecule has 0 unspecified atom stereocenters. The topological polar surface area (TPSA) is 50.3 Å². The number of hydrogen-bond acceptors (Lipinski definition) is 7. The molecule has 178 valence electrons. The molecular weight excluding hydrogens is 481 g/mol. The molecule has 1 aliphatic carbocycles. The van der Waals surface area contributed by atoms with Crippen molar-refractivity contribution in [1.82, 2.24) is 14.9 Å². The molecule has 0 atom stereocenters. The number of hydrogen-bond donors (Lipinski definition) is 1. The van der Waals surface area contributed by atoms with Gasteiger partial charge in [-0.1, -0.05) is 17.4 Å². The Kier molecular flexibility index (Phi) is 5.50. The zero-order valence-electron chi connectivity index (χ0n) is 18.5. The van der Waals surface area contributed by atoms with Gasteiger partial charge in [-0.2, -0.15) is 13.2 Å². The third-order valence-corrected chi connectivity index (χ3v) is 8.58. The number of nitrogens with zero attached hydrogens (tertiary/aromatic N) is 3. The van der Waals surface area contributed by atoms with Crippen LogP contribution in [0.25, 0.3) is 10.6 Å². The second-order valence-electron chi connectivity index (χ2n) is 9.05. The molecule has 1 saturated carbocycles. The number of aromatic nitrogens is 2. The lowest BCUT2D eigenvalue weighted by molar-refractivity contribution is -0.137. The smallest absolute Gasteiger partial charge is 0.420 e. The summed E-state index contributed by atoms with van der Waals surface area (Å²) >= 11 is 2.82. The van der Waals surface area contributed by atoms with Crippen molar-refractivity contribution >= 4 is 34.7 Å². The van der Waals surface area contributed by atoms with E-state index in [9.17, 15) is 13.2 Å². The van der Waals surface area contributed by atoms with Crippen LogP contribution in [0.5, 0.6) is 5.06 Å². The summed E-state index contributed by atoms with van der Waals surface area (Å²) in [6, 6.07) is 6.12. The minimum absolute atomic E-state index is 0.110. The maximum atomic E-state index is 13.9. The molecule has 2 aliphatic heterocycles. The van der Waals surface area contributed by atoms with E-state index in [1.54, 1.807) is 17.8 Å². The van der Waals surface area contributed by atoms with Gasteiger partial charge in [0.05, 0.1) is 22.1 Å². The molecular formula is C24H23F3N4OS2. The molecule has 5 nitrogen and oxygen atoms in total. The number of thioether (sulfide) groups is 1. The molecule has 1 aromatic carbocycles. The Labute approximate surface area is 203 Å². The zero-order chi connectivity index (χ0) is 23.4. The van der Waals surface area contributed by atoms with Gasteiger partial charge in [0.15, 0.2) is 5.06 Å². The van der Waals surface area contributed by atoms with E-state index in [2.05, 4.69) is 39.4 Å². The Morgan fingerprint density at radius 2 is 1.94 bits per heavy atom. The Bertz CT molecular complexity index is 1230. The number of fused-ring (bicyclic) bond motifs is 2. The van der Waals surface area contributed by atoms with Gasteiger partial charge in [0.1, 0.15) is 5.56 Å². The van der Waals surface area contributed by atoms with Gasteiger partial charge < -0.3 is 10.1 Å². The Hall–Kier alpha value is -2.30. The van der Waals surface area contributed by atoms with Crippen molar-refractivity contribution in [3.8, 4) is 15.6 Å². The molecule has 3 aromatic rings. The average Bonchev–Trinajstić information content (AvgIpc) is 3.51.